The maximum absolute atomic E-state index is 11.1. The standard InChI is InChI=1S/C14H19N3O4/c1-3-9-4-5-11(8(9)2)16-13-6-10(14(18)19)12(7-15-13)17(20)21/h6-9,11H,3-5H2,1-2H3,(H,15,16)(H,18,19). The third kappa shape index (κ3) is 3.12. The van der Waals surface area contributed by atoms with Gasteiger partial charge in [-0.2, -0.15) is 0 Å². The van der Waals surface area contributed by atoms with E-state index in [1.807, 2.05) is 0 Å². The summed E-state index contributed by atoms with van der Waals surface area (Å²) in [6, 6.07) is 1.47. The Kier molecular flexibility index (Phi) is 4.40. The summed E-state index contributed by atoms with van der Waals surface area (Å²) in [7, 11) is 0. The second-order valence-corrected chi connectivity index (χ2v) is 5.50. The zero-order chi connectivity index (χ0) is 15.6. The summed E-state index contributed by atoms with van der Waals surface area (Å²) in [6.07, 6.45) is 4.25. The molecule has 0 amide bonds. The number of hydrogen-bond acceptors (Lipinski definition) is 5. The van der Waals surface area contributed by atoms with E-state index in [2.05, 4.69) is 24.1 Å². The lowest BCUT2D eigenvalue weighted by Crippen LogP contribution is -2.25. The molecule has 2 rings (SSSR count). The van der Waals surface area contributed by atoms with E-state index in [0.29, 0.717) is 17.7 Å². The van der Waals surface area contributed by atoms with E-state index in [1.54, 1.807) is 0 Å². The van der Waals surface area contributed by atoms with Crippen LogP contribution in [0, 0.1) is 22.0 Å². The smallest absolute Gasteiger partial charge is 0.342 e. The van der Waals surface area contributed by atoms with Crippen LogP contribution in [0.2, 0.25) is 0 Å². The molecule has 1 aromatic rings. The van der Waals surface area contributed by atoms with Crippen LogP contribution in [0.25, 0.3) is 0 Å². The molecular weight excluding hydrogens is 274 g/mol. The first kappa shape index (κ1) is 15.2. The van der Waals surface area contributed by atoms with Crippen LogP contribution in [0.5, 0.6) is 0 Å². The van der Waals surface area contributed by atoms with Gasteiger partial charge in [0, 0.05) is 12.1 Å². The molecule has 2 N–H and O–H groups in total. The van der Waals surface area contributed by atoms with Gasteiger partial charge >= 0.3 is 11.7 Å². The number of carboxylic acids is 1. The summed E-state index contributed by atoms with van der Waals surface area (Å²) in [6.45, 7) is 4.33. The highest BCUT2D eigenvalue weighted by Gasteiger charge is 2.32. The number of aromatic carboxylic acids is 1. The van der Waals surface area contributed by atoms with Crippen molar-refractivity contribution in [1.82, 2.24) is 4.98 Å². The molecule has 3 atom stereocenters. The molecular formula is C14H19N3O4. The van der Waals surface area contributed by atoms with E-state index in [-0.39, 0.29) is 11.6 Å². The van der Waals surface area contributed by atoms with Gasteiger partial charge in [-0.1, -0.05) is 20.3 Å². The SMILES string of the molecule is CCC1CCC(Nc2cc(C(=O)O)c([N+](=O)[O-])cn2)C1C. The van der Waals surface area contributed by atoms with Crippen LogP contribution in [-0.2, 0) is 0 Å². The molecule has 1 aliphatic rings. The Hall–Kier alpha value is -2.18. The number of pyridine rings is 1. The summed E-state index contributed by atoms with van der Waals surface area (Å²) < 4.78 is 0. The number of carbonyl (C=O) groups is 1. The van der Waals surface area contributed by atoms with Crippen LogP contribution in [0.15, 0.2) is 12.3 Å². The average Bonchev–Trinajstić information content (AvgIpc) is 2.79. The molecule has 21 heavy (non-hydrogen) atoms. The van der Waals surface area contributed by atoms with Gasteiger partial charge in [0.1, 0.15) is 17.6 Å². The normalized spacial score (nSPS) is 24.8. The summed E-state index contributed by atoms with van der Waals surface area (Å²) >= 11 is 0. The summed E-state index contributed by atoms with van der Waals surface area (Å²) in [5.41, 5.74) is -0.825. The number of anilines is 1. The van der Waals surface area contributed by atoms with Gasteiger partial charge in [-0.05, 0) is 24.7 Å². The van der Waals surface area contributed by atoms with Gasteiger partial charge in [-0.15, -0.1) is 0 Å². The highest BCUT2D eigenvalue weighted by Crippen LogP contribution is 2.35. The molecule has 7 heteroatoms. The second-order valence-electron chi connectivity index (χ2n) is 5.50. The van der Waals surface area contributed by atoms with E-state index in [9.17, 15) is 14.9 Å². The van der Waals surface area contributed by atoms with Crippen molar-refractivity contribution < 1.29 is 14.8 Å². The lowest BCUT2D eigenvalue weighted by atomic mass is 9.93. The Morgan fingerprint density at radius 3 is 2.81 bits per heavy atom. The number of aromatic nitrogens is 1. The largest absolute Gasteiger partial charge is 0.477 e. The Morgan fingerprint density at radius 1 is 1.57 bits per heavy atom. The molecule has 7 nitrogen and oxygen atoms in total. The highest BCUT2D eigenvalue weighted by atomic mass is 16.6. The number of hydrogen-bond donors (Lipinski definition) is 2. The van der Waals surface area contributed by atoms with Crippen molar-refractivity contribution in [3.05, 3.63) is 27.9 Å². The Morgan fingerprint density at radius 2 is 2.29 bits per heavy atom. The number of carboxylic acid groups (broad SMARTS) is 1. The Bertz CT molecular complexity index is 561. The van der Waals surface area contributed by atoms with E-state index < -0.39 is 16.6 Å². The highest BCUT2D eigenvalue weighted by molar-refractivity contribution is 5.93. The van der Waals surface area contributed by atoms with Crippen molar-refractivity contribution in [2.24, 2.45) is 11.8 Å². The minimum Gasteiger partial charge on any atom is -0.477 e. The molecule has 0 aliphatic heterocycles. The monoisotopic (exact) mass is 293 g/mol. The van der Waals surface area contributed by atoms with Crippen molar-refractivity contribution >= 4 is 17.5 Å². The first-order valence-corrected chi connectivity index (χ1v) is 7.08. The zero-order valence-corrected chi connectivity index (χ0v) is 12.1. The van der Waals surface area contributed by atoms with Crippen molar-refractivity contribution in [2.45, 2.75) is 39.2 Å². The predicted octanol–water partition coefficient (Wildman–Crippen LogP) is 2.92. The number of nitrogens with one attached hydrogen (secondary N) is 1. The third-order valence-corrected chi connectivity index (χ3v) is 4.39. The van der Waals surface area contributed by atoms with Gasteiger partial charge in [-0.25, -0.2) is 9.78 Å². The molecule has 0 bridgehead atoms. The molecule has 1 saturated carbocycles. The Labute approximate surface area is 122 Å². The molecule has 1 fully saturated rings. The van der Waals surface area contributed by atoms with Crippen LogP contribution >= 0.6 is 0 Å². The fourth-order valence-corrected chi connectivity index (χ4v) is 3.06. The minimum atomic E-state index is -1.32. The summed E-state index contributed by atoms with van der Waals surface area (Å²) in [4.78, 5) is 25.2. The lowest BCUT2D eigenvalue weighted by molar-refractivity contribution is -0.385. The van der Waals surface area contributed by atoms with Crippen molar-refractivity contribution in [3.63, 3.8) is 0 Å². The number of nitro groups is 1. The van der Waals surface area contributed by atoms with Gasteiger partial charge in [0.05, 0.1) is 4.92 Å². The molecule has 0 radical (unpaired) electrons. The van der Waals surface area contributed by atoms with Crippen LogP contribution in [0.4, 0.5) is 11.5 Å². The molecule has 3 unspecified atom stereocenters. The topological polar surface area (TPSA) is 105 Å². The quantitative estimate of drug-likeness (QED) is 0.638. The van der Waals surface area contributed by atoms with Gasteiger partial charge in [-0.3, -0.25) is 10.1 Å². The lowest BCUT2D eigenvalue weighted by Gasteiger charge is -2.21. The molecule has 0 spiro atoms. The minimum absolute atomic E-state index is 0.227. The van der Waals surface area contributed by atoms with E-state index in [4.69, 9.17) is 5.11 Å². The third-order valence-electron chi connectivity index (χ3n) is 4.39. The van der Waals surface area contributed by atoms with Gasteiger partial charge in [0.2, 0.25) is 0 Å². The van der Waals surface area contributed by atoms with Crippen LogP contribution < -0.4 is 5.32 Å². The number of rotatable bonds is 5. The molecule has 1 heterocycles. The van der Waals surface area contributed by atoms with Gasteiger partial charge in [0.25, 0.3) is 0 Å². The predicted molar refractivity (Wildman–Crippen MR) is 77.4 cm³/mol. The van der Waals surface area contributed by atoms with Crippen LogP contribution in [0.3, 0.4) is 0 Å². The maximum atomic E-state index is 11.1. The van der Waals surface area contributed by atoms with Gasteiger partial charge < -0.3 is 10.4 Å². The van der Waals surface area contributed by atoms with E-state index >= 15 is 0 Å². The van der Waals surface area contributed by atoms with Crippen molar-refractivity contribution in [1.29, 1.82) is 0 Å². The molecule has 1 aromatic heterocycles. The van der Waals surface area contributed by atoms with E-state index in [1.165, 1.54) is 6.07 Å². The second kappa shape index (κ2) is 6.07. The van der Waals surface area contributed by atoms with Crippen LogP contribution in [0.1, 0.15) is 43.5 Å². The molecule has 0 saturated heterocycles. The molecule has 0 aromatic carbocycles. The average molecular weight is 293 g/mol. The van der Waals surface area contributed by atoms with Crippen molar-refractivity contribution in [2.75, 3.05) is 5.32 Å². The summed E-state index contributed by atoms with van der Waals surface area (Å²) in [5, 5.41) is 23.1. The molecule has 1 aliphatic carbocycles. The van der Waals surface area contributed by atoms with Crippen LogP contribution in [-0.4, -0.2) is 27.0 Å². The Balaban J connectivity index is 2.20. The van der Waals surface area contributed by atoms with E-state index in [0.717, 1.165) is 25.5 Å². The maximum Gasteiger partial charge on any atom is 0.342 e. The zero-order valence-electron chi connectivity index (χ0n) is 12.1. The number of nitrogens with zero attached hydrogens (tertiary/aromatic N) is 2. The summed E-state index contributed by atoms with van der Waals surface area (Å²) in [5.74, 6) is 0.185. The fraction of sp³-hybridized carbons (Fsp3) is 0.571. The van der Waals surface area contributed by atoms with Crippen molar-refractivity contribution in [3.8, 4) is 0 Å². The fourth-order valence-electron chi connectivity index (χ4n) is 3.06. The van der Waals surface area contributed by atoms with Gasteiger partial charge in [0.15, 0.2) is 0 Å². The molecule has 114 valence electrons. The first-order chi connectivity index (χ1) is 9.93. The first-order valence-electron chi connectivity index (χ1n) is 7.08.